The number of hydrogen-bond donors (Lipinski definition) is 2. The molecule has 0 aliphatic rings. The molecule has 0 spiro atoms. The summed E-state index contributed by atoms with van der Waals surface area (Å²) in [4.78, 5) is 13.7. The van der Waals surface area contributed by atoms with Crippen molar-refractivity contribution in [3.8, 4) is 0 Å². The summed E-state index contributed by atoms with van der Waals surface area (Å²) in [6, 6.07) is 0.451. The fourth-order valence-electron chi connectivity index (χ4n) is 2.06. The number of hydrogen-bond acceptors (Lipinski definition) is 3. The number of carboxylic acids is 1. The topological polar surface area (TPSA) is 52.6 Å². The lowest BCUT2D eigenvalue weighted by molar-refractivity contribution is -0.144. The third kappa shape index (κ3) is 5.83. The van der Waals surface area contributed by atoms with Crippen LogP contribution in [-0.4, -0.2) is 47.2 Å². The molecule has 0 aromatic rings. The number of nitrogens with one attached hydrogen (secondary N) is 1. The molecule has 0 aliphatic heterocycles. The third-order valence-corrected chi connectivity index (χ3v) is 3.27. The average molecular weight is 258 g/mol. The van der Waals surface area contributed by atoms with E-state index >= 15 is 0 Å². The monoisotopic (exact) mass is 258 g/mol. The second kappa shape index (κ2) is 7.74. The predicted octanol–water partition coefficient (Wildman–Crippen LogP) is 2.20. The van der Waals surface area contributed by atoms with Gasteiger partial charge < -0.3 is 15.3 Å². The number of nitrogens with zero attached hydrogens (tertiary/aromatic N) is 1. The molecule has 108 valence electrons. The lowest BCUT2D eigenvalue weighted by atomic mass is 9.97. The van der Waals surface area contributed by atoms with Gasteiger partial charge in [-0.15, -0.1) is 0 Å². The van der Waals surface area contributed by atoms with Crippen LogP contribution in [0.5, 0.6) is 0 Å². The Hall–Kier alpha value is -0.610. The summed E-state index contributed by atoms with van der Waals surface area (Å²) < 4.78 is 0. The van der Waals surface area contributed by atoms with Crippen LogP contribution in [-0.2, 0) is 4.79 Å². The van der Waals surface area contributed by atoms with Gasteiger partial charge in [-0.1, -0.05) is 20.8 Å². The number of aliphatic carboxylic acids is 1. The van der Waals surface area contributed by atoms with Crippen LogP contribution in [0.4, 0.5) is 0 Å². The molecule has 1 unspecified atom stereocenters. The molecule has 2 N–H and O–H groups in total. The first-order valence-corrected chi connectivity index (χ1v) is 6.95. The van der Waals surface area contributed by atoms with E-state index in [4.69, 9.17) is 0 Å². The zero-order chi connectivity index (χ0) is 14.3. The molecule has 0 fully saturated rings. The highest BCUT2D eigenvalue weighted by Gasteiger charge is 2.32. The molecule has 0 rings (SSSR count). The van der Waals surface area contributed by atoms with Crippen LogP contribution in [0.2, 0.25) is 0 Å². The van der Waals surface area contributed by atoms with Gasteiger partial charge >= 0.3 is 5.97 Å². The maximum Gasteiger partial charge on any atom is 0.323 e. The Kier molecular flexibility index (Phi) is 7.48. The van der Waals surface area contributed by atoms with Gasteiger partial charge in [0.05, 0.1) is 0 Å². The third-order valence-electron chi connectivity index (χ3n) is 3.27. The molecule has 0 aliphatic carbocycles. The fourth-order valence-corrected chi connectivity index (χ4v) is 2.06. The van der Waals surface area contributed by atoms with E-state index in [1.54, 1.807) is 6.92 Å². The zero-order valence-corrected chi connectivity index (χ0v) is 12.8. The van der Waals surface area contributed by atoms with Crippen molar-refractivity contribution >= 4 is 5.97 Å². The van der Waals surface area contributed by atoms with E-state index in [2.05, 4.69) is 37.9 Å². The molecule has 0 aromatic heterocycles. The highest BCUT2D eigenvalue weighted by Crippen LogP contribution is 2.13. The summed E-state index contributed by atoms with van der Waals surface area (Å²) in [5.41, 5.74) is -0.821. The molecule has 0 bridgehead atoms. The van der Waals surface area contributed by atoms with Crippen LogP contribution in [0.15, 0.2) is 0 Å². The normalized spacial score (nSPS) is 15.4. The summed E-state index contributed by atoms with van der Waals surface area (Å²) >= 11 is 0. The van der Waals surface area contributed by atoms with Gasteiger partial charge in [-0.25, -0.2) is 0 Å². The molecule has 0 heterocycles. The summed E-state index contributed by atoms with van der Waals surface area (Å²) in [6.07, 6.45) is 0.626. The maximum absolute atomic E-state index is 11.3. The van der Waals surface area contributed by atoms with Crippen LogP contribution in [0.1, 0.15) is 48.0 Å². The smallest absolute Gasteiger partial charge is 0.323 e. The first-order chi connectivity index (χ1) is 8.23. The highest BCUT2D eigenvalue weighted by molar-refractivity contribution is 5.78. The Morgan fingerprint density at radius 3 is 2.22 bits per heavy atom. The molecule has 18 heavy (non-hydrogen) atoms. The lowest BCUT2D eigenvalue weighted by Gasteiger charge is -2.33. The van der Waals surface area contributed by atoms with Crippen molar-refractivity contribution in [3.63, 3.8) is 0 Å². The summed E-state index contributed by atoms with van der Waals surface area (Å²) in [6.45, 7) is 14.9. The molecular formula is C14H30N2O2. The van der Waals surface area contributed by atoms with Crippen molar-refractivity contribution in [2.75, 3.05) is 19.6 Å². The number of carbonyl (C=O) groups is 1. The van der Waals surface area contributed by atoms with Crippen LogP contribution in [0, 0.1) is 5.92 Å². The molecule has 4 heteroatoms. The van der Waals surface area contributed by atoms with E-state index in [0.717, 1.165) is 13.1 Å². The summed E-state index contributed by atoms with van der Waals surface area (Å²) in [7, 11) is 0. The Labute approximate surface area is 112 Å². The molecule has 0 saturated heterocycles. The predicted molar refractivity (Wildman–Crippen MR) is 75.9 cm³/mol. The van der Waals surface area contributed by atoms with Gasteiger partial charge in [0.15, 0.2) is 0 Å². The average Bonchev–Trinajstić information content (AvgIpc) is 2.23. The van der Waals surface area contributed by atoms with Gasteiger partial charge in [-0.2, -0.15) is 0 Å². The minimum Gasteiger partial charge on any atom is -0.480 e. The first-order valence-electron chi connectivity index (χ1n) is 6.95. The number of rotatable bonds is 9. The van der Waals surface area contributed by atoms with Crippen molar-refractivity contribution in [1.29, 1.82) is 0 Å². The number of likely N-dealkylation sites (N-methyl/N-ethyl adjacent to an activating group) is 1. The van der Waals surface area contributed by atoms with E-state index in [9.17, 15) is 9.90 Å². The van der Waals surface area contributed by atoms with Crippen molar-refractivity contribution in [3.05, 3.63) is 0 Å². The Morgan fingerprint density at radius 1 is 1.33 bits per heavy atom. The van der Waals surface area contributed by atoms with Crippen molar-refractivity contribution in [2.45, 2.75) is 59.5 Å². The van der Waals surface area contributed by atoms with Gasteiger partial charge in [0.25, 0.3) is 0 Å². The molecule has 0 amide bonds. The van der Waals surface area contributed by atoms with E-state index in [-0.39, 0.29) is 0 Å². The molecule has 0 saturated carbocycles. The Bertz CT molecular complexity index is 254. The maximum atomic E-state index is 11.3. The van der Waals surface area contributed by atoms with E-state index < -0.39 is 11.5 Å². The van der Waals surface area contributed by atoms with Gasteiger partial charge in [-0.05, 0) is 39.7 Å². The lowest BCUT2D eigenvalue weighted by Crippen LogP contribution is -2.52. The minimum atomic E-state index is -0.821. The van der Waals surface area contributed by atoms with Gasteiger partial charge in [-0.3, -0.25) is 4.79 Å². The second-order valence-electron chi connectivity index (χ2n) is 5.90. The number of carboxylic acid groups (broad SMARTS) is 1. The molecule has 4 nitrogen and oxygen atoms in total. The second-order valence-corrected chi connectivity index (χ2v) is 5.90. The first kappa shape index (κ1) is 17.4. The summed E-state index contributed by atoms with van der Waals surface area (Å²) in [5.74, 6) is -0.166. The van der Waals surface area contributed by atoms with Crippen LogP contribution < -0.4 is 5.32 Å². The standard InChI is InChI=1S/C14H30N2O2/c1-7-15-14(6,13(17)18)8-9-16(12(4)5)10-11(2)3/h11-12,15H,7-10H2,1-6H3,(H,17,18). The van der Waals surface area contributed by atoms with Gasteiger partial charge in [0.1, 0.15) is 5.54 Å². The highest BCUT2D eigenvalue weighted by atomic mass is 16.4. The zero-order valence-electron chi connectivity index (χ0n) is 12.8. The van der Waals surface area contributed by atoms with E-state index in [1.165, 1.54) is 0 Å². The molecule has 0 radical (unpaired) electrons. The summed E-state index contributed by atoms with van der Waals surface area (Å²) in [5, 5.41) is 12.4. The van der Waals surface area contributed by atoms with E-state index in [1.807, 2.05) is 6.92 Å². The van der Waals surface area contributed by atoms with Gasteiger partial charge in [0, 0.05) is 19.1 Å². The SMILES string of the molecule is CCNC(C)(CCN(CC(C)C)C(C)C)C(=O)O. The fraction of sp³-hybridized carbons (Fsp3) is 0.929. The molecule has 0 aromatic carbocycles. The molecular weight excluding hydrogens is 228 g/mol. The Morgan fingerprint density at radius 2 is 1.89 bits per heavy atom. The van der Waals surface area contributed by atoms with Crippen molar-refractivity contribution < 1.29 is 9.90 Å². The minimum absolute atomic E-state index is 0.451. The van der Waals surface area contributed by atoms with Crippen LogP contribution in [0.3, 0.4) is 0 Å². The Balaban J connectivity index is 4.51. The van der Waals surface area contributed by atoms with E-state index in [0.29, 0.717) is 24.9 Å². The largest absolute Gasteiger partial charge is 0.480 e. The van der Waals surface area contributed by atoms with Crippen molar-refractivity contribution in [2.24, 2.45) is 5.92 Å². The van der Waals surface area contributed by atoms with Crippen LogP contribution in [0.25, 0.3) is 0 Å². The van der Waals surface area contributed by atoms with Gasteiger partial charge in [0.2, 0.25) is 0 Å². The molecule has 1 atom stereocenters. The van der Waals surface area contributed by atoms with Crippen molar-refractivity contribution in [1.82, 2.24) is 10.2 Å². The quantitative estimate of drug-likeness (QED) is 0.665. The van der Waals surface area contributed by atoms with Crippen LogP contribution >= 0.6 is 0 Å².